The molecule has 4 aromatic rings. The van der Waals surface area contributed by atoms with Crippen molar-refractivity contribution in [2.24, 2.45) is 0 Å². The van der Waals surface area contributed by atoms with E-state index in [0.29, 0.717) is 26.1 Å². The molecule has 0 spiro atoms. The van der Waals surface area contributed by atoms with Gasteiger partial charge in [-0.3, -0.25) is 4.79 Å². The van der Waals surface area contributed by atoms with Crippen molar-refractivity contribution in [3.05, 3.63) is 87.7 Å². The number of carbonyl (C=O) groups excluding carboxylic acids is 1. The number of anilines is 1. The van der Waals surface area contributed by atoms with Gasteiger partial charge in [0.25, 0.3) is 0 Å². The molecule has 0 aliphatic carbocycles. The fourth-order valence-electron chi connectivity index (χ4n) is 5.11. The van der Waals surface area contributed by atoms with Crippen LogP contribution in [0, 0.1) is 27.7 Å². The zero-order chi connectivity index (χ0) is 24.7. The molecular weight excluding hydrogens is 458 g/mol. The Hall–Kier alpha value is -3.31. The van der Waals surface area contributed by atoms with E-state index in [0.717, 1.165) is 50.0 Å². The van der Waals surface area contributed by atoms with Gasteiger partial charge in [0.05, 0.1) is 17.6 Å². The fourth-order valence-corrected chi connectivity index (χ4v) is 5.22. The summed E-state index contributed by atoms with van der Waals surface area (Å²) in [4.78, 5) is 20.0. The van der Waals surface area contributed by atoms with Gasteiger partial charge in [-0.15, -0.1) is 0 Å². The van der Waals surface area contributed by atoms with E-state index in [1.54, 1.807) is 0 Å². The third-order valence-electron chi connectivity index (χ3n) is 6.81. The molecule has 0 saturated carbocycles. The zero-order valence-electron chi connectivity index (χ0n) is 20.6. The van der Waals surface area contributed by atoms with Gasteiger partial charge in [-0.25, -0.2) is 4.98 Å². The third-order valence-corrected chi connectivity index (χ3v) is 7.41. The molecule has 1 aliphatic rings. The second-order valence-corrected chi connectivity index (χ2v) is 9.90. The quantitative estimate of drug-likeness (QED) is 0.311. The maximum absolute atomic E-state index is 13.1. The molecule has 35 heavy (non-hydrogen) atoms. The van der Waals surface area contributed by atoms with Crippen LogP contribution in [0.3, 0.4) is 0 Å². The summed E-state index contributed by atoms with van der Waals surface area (Å²) in [6.45, 7) is 9.88. The number of rotatable bonds is 6. The highest BCUT2D eigenvalue weighted by Gasteiger charge is 2.35. The van der Waals surface area contributed by atoms with Crippen molar-refractivity contribution >= 4 is 34.2 Å². The number of amides is 1. The van der Waals surface area contributed by atoms with Gasteiger partial charge in [0.2, 0.25) is 5.91 Å². The minimum Gasteiger partial charge on any atom is -0.492 e. The maximum atomic E-state index is 13.1. The number of ether oxygens (including phenoxy) is 1. The zero-order valence-corrected chi connectivity index (χ0v) is 21.4. The van der Waals surface area contributed by atoms with Crippen molar-refractivity contribution in [2.75, 3.05) is 18.1 Å². The first-order valence-corrected chi connectivity index (χ1v) is 12.4. The number of para-hydroxylation sites is 2. The Morgan fingerprint density at radius 1 is 1.00 bits per heavy atom. The van der Waals surface area contributed by atoms with Crippen molar-refractivity contribution in [1.82, 2.24) is 9.55 Å². The number of hydrogen-bond acceptors (Lipinski definition) is 3. The van der Waals surface area contributed by atoms with Gasteiger partial charge in [0.15, 0.2) is 0 Å². The Balaban J connectivity index is 1.40. The van der Waals surface area contributed by atoms with Crippen LogP contribution >= 0.6 is 11.6 Å². The highest BCUT2D eigenvalue weighted by Crippen LogP contribution is 2.35. The molecule has 0 radical (unpaired) electrons. The molecule has 6 heteroatoms. The van der Waals surface area contributed by atoms with Crippen LogP contribution in [0.1, 0.15) is 40.4 Å². The van der Waals surface area contributed by atoms with Gasteiger partial charge in [-0.2, -0.15) is 0 Å². The van der Waals surface area contributed by atoms with Crippen LogP contribution in [0.15, 0.2) is 54.6 Å². The molecule has 1 fully saturated rings. The number of imidazole rings is 1. The van der Waals surface area contributed by atoms with Crippen LogP contribution in [-0.4, -0.2) is 28.6 Å². The van der Waals surface area contributed by atoms with E-state index in [1.165, 1.54) is 5.56 Å². The summed E-state index contributed by atoms with van der Waals surface area (Å²) in [6, 6.07) is 18.3. The fraction of sp³-hybridized carbons (Fsp3) is 0.310. The summed E-state index contributed by atoms with van der Waals surface area (Å²) in [5, 5.41) is 0.777. The average molecular weight is 488 g/mol. The molecule has 0 N–H and O–H groups in total. The summed E-state index contributed by atoms with van der Waals surface area (Å²) >= 11 is 6.31. The predicted molar refractivity (Wildman–Crippen MR) is 142 cm³/mol. The SMILES string of the molecule is Cc1ccc(N2CC(c3nc4ccccc4n3CCOc3cc(C)c(Cl)c(C)c3)CC2=O)c(C)c1. The number of aromatic nitrogens is 2. The monoisotopic (exact) mass is 487 g/mol. The smallest absolute Gasteiger partial charge is 0.227 e. The lowest BCUT2D eigenvalue weighted by molar-refractivity contribution is -0.117. The second-order valence-electron chi connectivity index (χ2n) is 9.53. The first-order chi connectivity index (χ1) is 16.8. The standard InChI is InChI=1S/C29H30ClN3O2/c1-18-9-10-25(19(2)13-18)33-17-22(16-27(33)34)29-31-24-7-5-6-8-26(24)32(29)11-12-35-23-14-20(3)28(30)21(4)15-23/h5-10,13-15,22H,11-12,16-17H2,1-4H3. The van der Waals surface area contributed by atoms with E-state index < -0.39 is 0 Å². The number of carbonyl (C=O) groups is 1. The van der Waals surface area contributed by atoms with Crippen LogP contribution in [0.5, 0.6) is 5.75 Å². The summed E-state index contributed by atoms with van der Waals surface area (Å²) in [5.74, 6) is 1.92. The minimum atomic E-state index is 0.0237. The summed E-state index contributed by atoms with van der Waals surface area (Å²) in [5.41, 5.74) is 7.32. The largest absolute Gasteiger partial charge is 0.492 e. The second kappa shape index (κ2) is 9.38. The number of hydrogen-bond donors (Lipinski definition) is 0. The van der Waals surface area contributed by atoms with Crippen molar-refractivity contribution in [1.29, 1.82) is 0 Å². The molecule has 1 aliphatic heterocycles. The van der Waals surface area contributed by atoms with Crippen LogP contribution < -0.4 is 9.64 Å². The van der Waals surface area contributed by atoms with Crippen molar-refractivity contribution in [2.45, 2.75) is 46.6 Å². The molecular formula is C29H30ClN3O2. The Morgan fingerprint density at radius 3 is 2.49 bits per heavy atom. The molecule has 2 heterocycles. The van der Waals surface area contributed by atoms with E-state index in [2.05, 4.69) is 42.7 Å². The van der Waals surface area contributed by atoms with Crippen LogP contribution in [-0.2, 0) is 11.3 Å². The molecule has 5 nitrogen and oxygen atoms in total. The molecule has 180 valence electrons. The molecule has 0 bridgehead atoms. The number of benzene rings is 3. The molecule has 5 rings (SSSR count). The topological polar surface area (TPSA) is 47.4 Å². The van der Waals surface area contributed by atoms with E-state index in [4.69, 9.17) is 21.3 Å². The van der Waals surface area contributed by atoms with Gasteiger partial charge in [-0.1, -0.05) is 41.4 Å². The first kappa shape index (κ1) is 23.4. The van der Waals surface area contributed by atoms with Crippen molar-refractivity contribution < 1.29 is 9.53 Å². The van der Waals surface area contributed by atoms with Gasteiger partial charge >= 0.3 is 0 Å². The Bertz CT molecular complexity index is 1400. The van der Waals surface area contributed by atoms with E-state index in [1.807, 2.05) is 49.1 Å². The van der Waals surface area contributed by atoms with E-state index in [9.17, 15) is 4.79 Å². The number of aryl methyl sites for hydroxylation is 4. The third kappa shape index (κ3) is 4.53. The normalized spacial score (nSPS) is 15.9. The molecule has 1 atom stereocenters. The summed E-state index contributed by atoms with van der Waals surface area (Å²) in [7, 11) is 0. The lowest BCUT2D eigenvalue weighted by Crippen LogP contribution is -2.25. The van der Waals surface area contributed by atoms with Gasteiger partial charge in [0, 0.05) is 29.6 Å². The van der Waals surface area contributed by atoms with Gasteiger partial charge in [0.1, 0.15) is 18.2 Å². The first-order valence-electron chi connectivity index (χ1n) is 12.0. The van der Waals surface area contributed by atoms with Gasteiger partial charge in [-0.05, 0) is 74.7 Å². The van der Waals surface area contributed by atoms with Crippen LogP contribution in [0.4, 0.5) is 5.69 Å². The van der Waals surface area contributed by atoms with E-state index >= 15 is 0 Å². The van der Waals surface area contributed by atoms with E-state index in [-0.39, 0.29) is 11.8 Å². The van der Waals surface area contributed by atoms with Crippen LogP contribution in [0.25, 0.3) is 11.0 Å². The lowest BCUT2D eigenvalue weighted by Gasteiger charge is -2.20. The van der Waals surface area contributed by atoms with Crippen LogP contribution in [0.2, 0.25) is 5.02 Å². The predicted octanol–water partition coefficient (Wildman–Crippen LogP) is 6.52. The molecule has 1 amide bonds. The number of nitrogens with zero attached hydrogens (tertiary/aromatic N) is 3. The Kier molecular flexibility index (Phi) is 6.28. The highest BCUT2D eigenvalue weighted by atomic mass is 35.5. The lowest BCUT2D eigenvalue weighted by atomic mass is 10.1. The molecule has 1 aromatic heterocycles. The van der Waals surface area contributed by atoms with Crippen molar-refractivity contribution in [3.8, 4) is 5.75 Å². The minimum absolute atomic E-state index is 0.0237. The molecule has 1 saturated heterocycles. The molecule has 1 unspecified atom stereocenters. The highest BCUT2D eigenvalue weighted by molar-refractivity contribution is 6.32. The number of halogens is 1. The van der Waals surface area contributed by atoms with Crippen molar-refractivity contribution in [3.63, 3.8) is 0 Å². The summed E-state index contributed by atoms with van der Waals surface area (Å²) in [6.07, 6.45) is 0.451. The number of fused-ring (bicyclic) bond motifs is 1. The van der Waals surface area contributed by atoms with Gasteiger partial charge < -0.3 is 14.2 Å². The average Bonchev–Trinajstić information content (AvgIpc) is 3.38. The molecule has 3 aromatic carbocycles. The maximum Gasteiger partial charge on any atom is 0.227 e. The Labute approximate surface area is 211 Å². The Morgan fingerprint density at radius 2 is 1.74 bits per heavy atom. The summed E-state index contributed by atoms with van der Waals surface area (Å²) < 4.78 is 8.33.